The Labute approximate surface area is 95.8 Å². The molecule has 3 N–H and O–H groups in total. The average Bonchev–Trinajstić information content (AvgIpc) is 1.96. The summed E-state index contributed by atoms with van der Waals surface area (Å²) in [7, 11) is 0. The fourth-order valence-corrected chi connectivity index (χ4v) is 2.28. The first-order valence-electron chi connectivity index (χ1n) is 3.33. The Kier molecular flexibility index (Phi) is 3.40. The maximum absolute atomic E-state index is 12.0. The number of hydrogen-bond donors (Lipinski definition) is 2. The number of phenolic OH excluding ortho intramolecular Hbond substituents is 1. The number of thioether (sulfide) groups is 1. The van der Waals surface area contributed by atoms with Crippen molar-refractivity contribution in [1.82, 2.24) is 0 Å². The van der Waals surface area contributed by atoms with Gasteiger partial charge >= 0.3 is 5.51 Å². The fraction of sp³-hybridized carbons (Fsp3) is 0.143. The molecule has 0 spiro atoms. The molecule has 0 radical (unpaired) electrons. The lowest BCUT2D eigenvalue weighted by Crippen LogP contribution is -2.00. The van der Waals surface area contributed by atoms with Gasteiger partial charge in [0.2, 0.25) is 0 Å². The molecule has 14 heavy (non-hydrogen) atoms. The van der Waals surface area contributed by atoms with Crippen LogP contribution in [0.5, 0.6) is 5.75 Å². The third kappa shape index (κ3) is 3.12. The summed E-state index contributed by atoms with van der Waals surface area (Å²) in [6.45, 7) is 0. The molecule has 0 aliphatic carbocycles. The van der Waals surface area contributed by atoms with Crippen LogP contribution in [0.2, 0.25) is 0 Å². The Balaban J connectivity index is 3.02. The number of rotatable bonds is 1. The van der Waals surface area contributed by atoms with Gasteiger partial charge in [-0.25, -0.2) is 0 Å². The molecule has 0 unspecified atom stereocenters. The normalized spacial score (nSPS) is 11.7. The minimum absolute atomic E-state index is 0.0304. The predicted molar refractivity (Wildman–Crippen MR) is 57.1 cm³/mol. The van der Waals surface area contributed by atoms with Crippen LogP contribution in [0, 0.1) is 3.57 Å². The van der Waals surface area contributed by atoms with Gasteiger partial charge in [0.05, 0.1) is 9.26 Å². The van der Waals surface area contributed by atoms with Gasteiger partial charge < -0.3 is 10.8 Å². The molecule has 0 aliphatic rings. The van der Waals surface area contributed by atoms with E-state index >= 15 is 0 Å². The zero-order valence-corrected chi connectivity index (χ0v) is 9.57. The van der Waals surface area contributed by atoms with Gasteiger partial charge in [-0.15, -0.1) is 0 Å². The highest BCUT2D eigenvalue weighted by atomic mass is 127. The number of nitrogens with two attached hydrogens (primary N) is 1. The highest BCUT2D eigenvalue weighted by Crippen LogP contribution is 2.40. The summed E-state index contributed by atoms with van der Waals surface area (Å²) in [5, 5.41) is 9.21. The van der Waals surface area contributed by atoms with E-state index < -0.39 is 5.51 Å². The number of alkyl halides is 3. The van der Waals surface area contributed by atoms with Crippen molar-refractivity contribution in [2.75, 3.05) is 5.73 Å². The molecule has 0 saturated carbocycles. The van der Waals surface area contributed by atoms with Crippen LogP contribution in [0.3, 0.4) is 0 Å². The van der Waals surface area contributed by atoms with E-state index in [2.05, 4.69) is 0 Å². The van der Waals surface area contributed by atoms with Gasteiger partial charge in [-0.1, -0.05) is 0 Å². The molecular weight excluding hydrogens is 330 g/mol. The van der Waals surface area contributed by atoms with Crippen LogP contribution in [-0.4, -0.2) is 10.6 Å². The van der Waals surface area contributed by atoms with Crippen molar-refractivity contribution < 1.29 is 18.3 Å². The molecule has 1 rings (SSSR count). The summed E-state index contributed by atoms with van der Waals surface area (Å²) < 4.78 is 36.2. The third-order valence-electron chi connectivity index (χ3n) is 1.30. The molecule has 7 heteroatoms. The van der Waals surface area contributed by atoms with Crippen molar-refractivity contribution in [1.29, 1.82) is 0 Å². The molecular formula is C7H5F3INOS. The Morgan fingerprint density at radius 1 is 1.36 bits per heavy atom. The van der Waals surface area contributed by atoms with E-state index in [1.165, 1.54) is 6.07 Å². The van der Waals surface area contributed by atoms with Gasteiger partial charge in [0.25, 0.3) is 0 Å². The summed E-state index contributed by atoms with van der Waals surface area (Å²) in [4.78, 5) is -0.0304. The van der Waals surface area contributed by atoms with Crippen molar-refractivity contribution >= 4 is 40.0 Å². The maximum Gasteiger partial charge on any atom is 0.446 e. The predicted octanol–water partition coefficient (Wildman–Crippen LogP) is 3.19. The molecule has 78 valence electrons. The molecule has 2 nitrogen and oxygen atoms in total. The SMILES string of the molecule is Nc1cc(SC(F)(F)F)cc(I)c1O. The van der Waals surface area contributed by atoms with Crippen LogP contribution < -0.4 is 5.73 Å². The van der Waals surface area contributed by atoms with E-state index in [4.69, 9.17) is 5.73 Å². The van der Waals surface area contributed by atoms with Gasteiger partial charge in [0.15, 0.2) is 5.75 Å². The Morgan fingerprint density at radius 3 is 2.36 bits per heavy atom. The second kappa shape index (κ2) is 4.05. The molecule has 0 bridgehead atoms. The number of hydrogen-bond acceptors (Lipinski definition) is 3. The van der Waals surface area contributed by atoms with Gasteiger partial charge in [-0.3, -0.25) is 0 Å². The van der Waals surface area contributed by atoms with Crippen molar-refractivity contribution in [3.05, 3.63) is 15.7 Å². The fourth-order valence-electron chi connectivity index (χ4n) is 0.787. The summed E-state index contributed by atoms with van der Waals surface area (Å²) >= 11 is 1.46. The molecule has 1 aromatic carbocycles. The van der Waals surface area contributed by atoms with Crippen LogP contribution in [0.15, 0.2) is 17.0 Å². The van der Waals surface area contributed by atoms with E-state index in [0.717, 1.165) is 6.07 Å². The Bertz CT molecular complexity index is 332. The van der Waals surface area contributed by atoms with Gasteiger partial charge in [-0.2, -0.15) is 13.2 Å². The van der Waals surface area contributed by atoms with Crippen LogP contribution in [0.4, 0.5) is 18.9 Å². The third-order valence-corrected chi connectivity index (χ3v) is 2.83. The molecule has 0 atom stereocenters. The average molecular weight is 335 g/mol. The number of aromatic hydroxyl groups is 1. The number of anilines is 1. The zero-order chi connectivity index (χ0) is 10.9. The van der Waals surface area contributed by atoms with Crippen LogP contribution in [0.25, 0.3) is 0 Å². The number of phenols is 1. The largest absolute Gasteiger partial charge is 0.505 e. The number of halogens is 4. The van der Waals surface area contributed by atoms with Crippen molar-refractivity contribution in [3.63, 3.8) is 0 Å². The summed E-state index contributed by atoms with van der Waals surface area (Å²) in [5.41, 5.74) is 0.912. The maximum atomic E-state index is 12.0. The van der Waals surface area contributed by atoms with Crippen LogP contribution >= 0.6 is 34.4 Å². The quantitative estimate of drug-likeness (QED) is 0.359. The van der Waals surface area contributed by atoms with Crippen LogP contribution in [0.1, 0.15) is 0 Å². The van der Waals surface area contributed by atoms with Crippen molar-refractivity contribution in [2.45, 2.75) is 10.4 Å². The Morgan fingerprint density at radius 2 is 1.93 bits per heavy atom. The highest BCUT2D eigenvalue weighted by molar-refractivity contribution is 14.1. The molecule has 0 aliphatic heterocycles. The molecule has 1 aromatic rings. The molecule has 0 saturated heterocycles. The lowest BCUT2D eigenvalue weighted by molar-refractivity contribution is -0.0328. The summed E-state index contributed by atoms with van der Waals surface area (Å²) in [5.74, 6) is -0.183. The topological polar surface area (TPSA) is 46.2 Å². The molecule has 0 aromatic heterocycles. The Hall–Kier alpha value is -0.310. The van der Waals surface area contributed by atoms with Gasteiger partial charge in [0, 0.05) is 4.90 Å². The van der Waals surface area contributed by atoms with E-state index in [9.17, 15) is 18.3 Å². The first-order valence-corrected chi connectivity index (χ1v) is 5.23. The molecule has 0 heterocycles. The van der Waals surface area contributed by atoms with Gasteiger partial charge in [0.1, 0.15) is 0 Å². The summed E-state index contributed by atoms with van der Waals surface area (Å²) in [6, 6.07) is 2.32. The zero-order valence-electron chi connectivity index (χ0n) is 6.60. The lowest BCUT2D eigenvalue weighted by Gasteiger charge is -2.08. The van der Waals surface area contributed by atoms with Gasteiger partial charge in [-0.05, 0) is 46.5 Å². The molecule has 0 fully saturated rings. The van der Waals surface area contributed by atoms with E-state index in [1.807, 2.05) is 0 Å². The minimum atomic E-state index is -4.34. The van der Waals surface area contributed by atoms with E-state index in [0.29, 0.717) is 3.57 Å². The second-order valence-electron chi connectivity index (χ2n) is 2.39. The van der Waals surface area contributed by atoms with Crippen molar-refractivity contribution in [2.24, 2.45) is 0 Å². The first-order chi connectivity index (χ1) is 6.29. The number of benzene rings is 1. The number of nitrogen functional groups attached to an aromatic ring is 1. The lowest BCUT2D eigenvalue weighted by atomic mass is 10.3. The van der Waals surface area contributed by atoms with Crippen molar-refractivity contribution in [3.8, 4) is 5.75 Å². The molecule has 0 amide bonds. The smallest absolute Gasteiger partial charge is 0.446 e. The van der Waals surface area contributed by atoms with E-state index in [-0.39, 0.29) is 28.1 Å². The standard InChI is InChI=1S/C7H5F3INOS/c8-7(9,10)14-3-1-4(11)6(13)5(12)2-3/h1-2,13H,12H2. The first kappa shape index (κ1) is 11.8. The minimum Gasteiger partial charge on any atom is -0.505 e. The highest BCUT2D eigenvalue weighted by Gasteiger charge is 2.29. The monoisotopic (exact) mass is 335 g/mol. The summed E-state index contributed by atoms with van der Waals surface area (Å²) in [6.07, 6.45) is 0. The van der Waals surface area contributed by atoms with E-state index in [1.54, 1.807) is 22.6 Å². The van der Waals surface area contributed by atoms with Crippen LogP contribution in [-0.2, 0) is 0 Å². The second-order valence-corrected chi connectivity index (χ2v) is 4.69.